The Morgan fingerprint density at radius 2 is 1.63 bits per heavy atom. The summed E-state index contributed by atoms with van der Waals surface area (Å²) in [5.74, 6) is 7.53. The molecule has 19 heavy (non-hydrogen) atoms. The van der Waals surface area contributed by atoms with Crippen LogP contribution in [0.25, 0.3) is 0 Å². The number of nitrogens with two attached hydrogens (primary N) is 1. The van der Waals surface area contributed by atoms with E-state index in [9.17, 15) is 0 Å². The van der Waals surface area contributed by atoms with Crippen LogP contribution in [0.1, 0.15) is 22.5 Å². The van der Waals surface area contributed by atoms with Gasteiger partial charge in [0, 0.05) is 11.3 Å². The molecule has 5 heteroatoms. The van der Waals surface area contributed by atoms with E-state index in [0.717, 1.165) is 17.1 Å². The van der Waals surface area contributed by atoms with Gasteiger partial charge in [-0.05, 0) is 51.0 Å². The fourth-order valence-corrected chi connectivity index (χ4v) is 1.85. The summed E-state index contributed by atoms with van der Waals surface area (Å²) in [4.78, 5) is 8.65. The molecule has 0 saturated carbocycles. The molecule has 0 aliphatic heterocycles. The van der Waals surface area contributed by atoms with Crippen molar-refractivity contribution in [2.45, 2.75) is 27.7 Å². The van der Waals surface area contributed by atoms with E-state index in [0.29, 0.717) is 11.6 Å². The Bertz CT molecular complexity index is 607. The number of nitrogens with zero attached hydrogens (tertiary/aromatic N) is 2. The Morgan fingerprint density at radius 1 is 0.947 bits per heavy atom. The summed E-state index contributed by atoms with van der Waals surface area (Å²) < 4.78 is 0. The third-order valence-corrected chi connectivity index (χ3v) is 3.16. The molecule has 5 nitrogen and oxygen atoms in total. The molecular weight excluding hydrogens is 238 g/mol. The maximum atomic E-state index is 5.46. The molecule has 4 N–H and O–H groups in total. The topological polar surface area (TPSA) is 75.9 Å². The van der Waals surface area contributed by atoms with Gasteiger partial charge in [0.05, 0.1) is 0 Å². The van der Waals surface area contributed by atoms with Crippen LogP contribution in [-0.4, -0.2) is 9.97 Å². The lowest BCUT2D eigenvalue weighted by atomic mass is 10.1. The highest BCUT2D eigenvalue weighted by Crippen LogP contribution is 2.24. The molecule has 1 heterocycles. The van der Waals surface area contributed by atoms with Crippen molar-refractivity contribution in [3.05, 3.63) is 40.7 Å². The SMILES string of the molecule is Cc1nc(NN)c(C)c(Nc2ccc(C)c(C)c2)n1. The van der Waals surface area contributed by atoms with Crippen LogP contribution in [-0.2, 0) is 0 Å². The maximum Gasteiger partial charge on any atom is 0.148 e. The molecule has 0 radical (unpaired) electrons. The number of hydrogen-bond donors (Lipinski definition) is 3. The quantitative estimate of drug-likeness (QED) is 0.582. The van der Waals surface area contributed by atoms with Crippen LogP contribution in [0.3, 0.4) is 0 Å². The molecule has 0 spiro atoms. The first-order valence-corrected chi connectivity index (χ1v) is 6.17. The number of rotatable bonds is 3. The van der Waals surface area contributed by atoms with Crippen LogP contribution in [0, 0.1) is 27.7 Å². The molecule has 0 saturated heterocycles. The van der Waals surface area contributed by atoms with E-state index in [2.05, 4.69) is 46.7 Å². The molecule has 0 atom stereocenters. The number of nitrogen functional groups attached to an aromatic ring is 1. The second-order valence-electron chi connectivity index (χ2n) is 4.66. The molecule has 0 aliphatic carbocycles. The van der Waals surface area contributed by atoms with Crippen molar-refractivity contribution >= 4 is 17.3 Å². The highest BCUT2D eigenvalue weighted by molar-refractivity contribution is 5.65. The molecule has 0 aliphatic rings. The maximum absolute atomic E-state index is 5.46. The zero-order valence-electron chi connectivity index (χ0n) is 11.7. The lowest BCUT2D eigenvalue weighted by Gasteiger charge is -2.13. The van der Waals surface area contributed by atoms with Gasteiger partial charge in [0.25, 0.3) is 0 Å². The van der Waals surface area contributed by atoms with Crippen LogP contribution in [0.15, 0.2) is 18.2 Å². The molecular formula is C14H19N5. The molecule has 100 valence electrons. The van der Waals surface area contributed by atoms with E-state index < -0.39 is 0 Å². The normalized spacial score (nSPS) is 10.4. The fourth-order valence-electron chi connectivity index (χ4n) is 1.85. The van der Waals surface area contributed by atoms with Crippen molar-refractivity contribution in [3.8, 4) is 0 Å². The smallest absolute Gasteiger partial charge is 0.148 e. The van der Waals surface area contributed by atoms with Gasteiger partial charge in [-0.2, -0.15) is 0 Å². The third kappa shape index (κ3) is 2.82. The summed E-state index contributed by atoms with van der Waals surface area (Å²) in [6.07, 6.45) is 0. The van der Waals surface area contributed by atoms with Crippen LogP contribution in [0.5, 0.6) is 0 Å². The van der Waals surface area contributed by atoms with Crippen molar-refractivity contribution in [1.29, 1.82) is 0 Å². The van der Waals surface area contributed by atoms with Gasteiger partial charge in [-0.1, -0.05) is 6.07 Å². The Balaban J connectivity index is 2.37. The van der Waals surface area contributed by atoms with Gasteiger partial charge in [-0.3, -0.25) is 0 Å². The summed E-state index contributed by atoms with van der Waals surface area (Å²) in [5.41, 5.74) is 7.00. The monoisotopic (exact) mass is 257 g/mol. The molecule has 0 amide bonds. The van der Waals surface area contributed by atoms with Crippen LogP contribution in [0.2, 0.25) is 0 Å². The fraction of sp³-hybridized carbons (Fsp3) is 0.286. The van der Waals surface area contributed by atoms with E-state index in [1.54, 1.807) is 0 Å². The molecule has 1 aromatic carbocycles. The highest BCUT2D eigenvalue weighted by Gasteiger charge is 2.08. The first-order chi connectivity index (χ1) is 9.01. The van der Waals surface area contributed by atoms with Gasteiger partial charge in [-0.25, -0.2) is 15.8 Å². The average Bonchev–Trinajstić information content (AvgIpc) is 2.37. The first-order valence-electron chi connectivity index (χ1n) is 6.17. The van der Waals surface area contributed by atoms with Crippen molar-refractivity contribution < 1.29 is 0 Å². The van der Waals surface area contributed by atoms with Gasteiger partial charge in [0.1, 0.15) is 17.5 Å². The van der Waals surface area contributed by atoms with Gasteiger partial charge in [0.2, 0.25) is 0 Å². The molecule has 2 aromatic rings. The van der Waals surface area contributed by atoms with Gasteiger partial charge >= 0.3 is 0 Å². The lowest BCUT2D eigenvalue weighted by molar-refractivity contribution is 1.03. The van der Waals surface area contributed by atoms with Crippen LogP contribution >= 0.6 is 0 Å². The van der Waals surface area contributed by atoms with Crippen molar-refractivity contribution in [2.24, 2.45) is 5.84 Å². The van der Waals surface area contributed by atoms with E-state index in [-0.39, 0.29) is 0 Å². The second kappa shape index (κ2) is 5.24. The number of aryl methyl sites for hydroxylation is 3. The summed E-state index contributed by atoms with van der Waals surface area (Å²) >= 11 is 0. The first kappa shape index (κ1) is 13.3. The number of aromatic nitrogens is 2. The lowest BCUT2D eigenvalue weighted by Crippen LogP contribution is -2.13. The zero-order chi connectivity index (χ0) is 14.0. The molecule has 0 fully saturated rings. The summed E-state index contributed by atoms with van der Waals surface area (Å²) in [5, 5.41) is 3.31. The minimum absolute atomic E-state index is 0.638. The summed E-state index contributed by atoms with van der Waals surface area (Å²) in [6, 6.07) is 6.22. The second-order valence-corrected chi connectivity index (χ2v) is 4.66. The third-order valence-electron chi connectivity index (χ3n) is 3.16. The molecule has 1 aromatic heterocycles. The number of hydrogen-bond acceptors (Lipinski definition) is 5. The van der Waals surface area contributed by atoms with E-state index in [1.807, 2.05) is 19.9 Å². The number of nitrogens with one attached hydrogen (secondary N) is 2. The largest absolute Gasteiger partial charge is 0.340 e. The zero-order valence-corrected chi connectivity index (χ0v) is 11.7. The van der Waals surface area contributed by atoms with Gasteiger partial charge in [-0.15, -0.1) is 0 Å². The number of hydrazine groups is 1. The predicted molar refractivity (Wildman–Crippen MR) is 78.5 cm³/mol. The summed E-state index contributed by atoms with van der Waals surface area (Å²) in [6.45, 7) is 7.95. The van der Waals surface area contributed by atoms with Crippen molar-refractivity contribution in [3.63, 3.8) is 0 Å². The number of anilines is 3. The van der Waals surface area contributed by atoms with E-state index in [4.69, 9.17) is 5.84 Å². The summed E-state index contributed by atoms with van der Waals surface area (Å²) in [7, 11) is 0. The predicted octanol–water partition coefficient (Wildman–Crippen LogP) is 2.74. The molecule has 2 rings (SSSR count). The van der Waals surface area contributed by atoms with Gasteiger partial charge in [0.15, 0.2) is 0 Å². The Hall–Kier alpha value is -2.14. The Labute approximate surface area is 113 Å². The number of benzene rings is 1. The standard InChI is InChI=1S/C14H19N5/c1-8-5-6-12(7-9(8)2)18-13-10(3)14(19-15)17-11(4)16-13/h5-7H,15H2,1-4H3,(H2,16,17,18,19). The van der Waals surface area contributed by atoms with Gasteiger partial charge < -0.3 is 10.7 Å². The van der Waals surface area contributed by atoms with Crippen molar-refractivity contribution in [2.75, 3.05) is 10.7 Å². The van der Waals surface area contributed by atoms with E-state index in [1.165, 1.54) is 11.1 Å². The van der Waals surface area contributed by atoms with E-state index >= 15 is 0 Å². The highest BCUT2D eigenvalue weighted by atomic mass is 15.3. The molecule has 0 bridgehead atoms. The average molecular weight is 257 g/mol. The van der Waals surface area contributed by atoms with Crippen molar-refractivity contribution in [1.82, 2.24) is 9.97 Å². The van der Waals surface area contributed by atoms with Crippen LogP contribution in [0.4, 0.5) is 17.3 Å². The molecule has 0 unspecified atom stereocenters. The Kier molecular flexibility index (Phi) is 3.66. The van der Waals surface area contributed by atoms with Crippen LogP contribution < -0.4 is 16.6 Å². The minimum Gasteiger partial charge on any atom is -0.340 e. The minimum atomic E-state index is 0.638. The Morgan fingerprint density at radius 3 is 2.26 bits per heavy atom.